The molecule has 0 fully saturated rings. The summed E-state index contributed by atoms with van der Waals surface area (Å²) in [5.74, 6) is 0.101. The number of carboxylic acid groups (broad SMARTS) is 1. The third-order valence-electron chi connectivity index (χ3n) is 2.10. The van der Waals surface area contributed by atoms with E-state index in [0.717, 1.165) is 13.1 Å². The van der Waals surface area contributed by atoms with Crippen molar-refractivity contribution in [1.29, 1.82) is 0 Å². The van der Waals surface area contributed by atoms with Crippen molar-refractivity contribution < 1.29 is 14.3 Å². The molecule has 0 aromatic carbocycles. The Morgan fingerprint density at radius 3 is 2.83 bits per heavy atom. The summed E-state index contributed by atoms with van der Waals surface area (Å²) in [5.41, 5.74) is 0. The van der Waals surface area contributed by atoms with E-state index < -0.39 is 5.97 Å². The number of aromatic nitrogens is 2. The minimum Gasteiger partial charge on any atom is -0.481 e. The van der Waals surface area contributed by atoms with Crippen LogP contribution in [0.15, 0.2) is 18.7 Å². The average molecular weight is 396 g/mol. The van der Waals surface area contributed by atoms with Gasteiger partial charge in [-0.1, -0.05) is 0 Å². The molecule has 0 aliphatic heterocycles. The summed E-state index contributed by atoms with van der Waals surface area (Å²) >= 11 is 8.27. The lowest BCUT2D eigenvalue weighted by molar-refractivity contribution is -0.137. The topological polar surface area (TPSA) is 76.2 Å². The van der Waals surface area contributed by atoms with Gasteiger partial charge in [0.05, 0.1) is 8.66 Å². The Morgan fingerprint density at radius 1 is 1.44 bits per heavy atom. The molecule has 0 unspecified atom stereocenters. The number of aryl methyl sites for hydroxylation is 1. The maximum atomic E-state index is 10.4. The molecular weight excluding hydrogens is 388 g/mol. The quantitative estimate of drug-likeness (QED) is 0.834. The van der Waals surface area contributed by atoms with E-state index >= 15 is 0 Å². The van der Waals surface area contributed by atoms with Gasteiger partial charge in [0.1, 0.15) is 0 Å². The Bertz CT molecular complexity index is 548. The SMILES string of the molecule is O=C(O)CCCc1nnc(-c2cc(Br)c(Br)s2)o1. The predicted molar refractivity (Wildman–Crippen MR) is 73.6 cm³/mol. The Hall–Kier alpha value is -0.730. The van der Waals surface area contributed by atoms with Crippen molar-refractivity contribution >= 4 is 49.2 Å². The molecule has 0 atom stereocenters. The van der Waals surface area contributed by atoms with Gasteiger partial charge in [-0.25, -0.2) is 0 Å². The van der Waals surface area contributed by atoms with E-state index in [1.165, 1.54) is 11.3 Å². The van der Waals surface area contributed by atoms with Crippen molar-refractivity contribution in [3.63, 3.8) is 0 Å². The molecule has 0 aliphatic rings. The first-order chi connectivity index (χ1) is 8.56. The van der Waals surface area contributed by atoms with Gasteiger partial charge in [-0.3, -0.25) is 4.79 Å². The van der Waals surface area contributed by atoms with Crippen molar-refractivity contribution in [2.45, 2.75) is 19.3 Å². The summed E-state index contributed by atoms with van der Waals surface area (Å²) in [6.07, 6.45) is 1.08. The summed E-state index contributed by atoms with van der Waals surface area (Å²) in [6, 6.07) is 1.89. The highest BCUT2D eigenvalue weighted by atomic mass is 79.9. The number of carboxylic acids is 1. The molecule has 18 heavy (non-hydrogen) atoms. The molecule has 8 heteroatoms. The highest BCUT2D eigenvalue weighted by molar-refractivity contribution is 9.13. The molecule has 2 aromatic heterocycles. The average Bonchev–Trinajstić information content (AvgIpc) is 2.87. The lowest BCUT2D eigenvalue weighted by Gasteiger charge is -1.91. The molecule has 96 valence electrons. The summed E-state index contributed by atoms with van der Waals surface area (Å²) in [6.45, 7) is 0. The highest BCUT2D eigenvalue weighted by Gasteiger charge is 2.13. The molecule has 5 nitrogen and oxygen atoms in total. The zero-order valence-electron chi connectivity index (χ0n) is 9.02. The van der Waals surface area contributed by atoms with Crippen LogP contribution in [-0.2, 0) is 11.2 Å². The van der Waals surface area contributed by atoms with Crippen LogP contribution in [0.3, 0.4) is 0 Å². The standard InChI is InChI=1S/C10H8Br2N2O3S/c11-5-4-6(18-9(5)12)10-14-13-7(17-10)2-1-3-8(15)16/h4H,1-3H2,(H,15,16). The second-order valence-corrected chi connectivity index (χ2v) is 6.70. The van der Waals surface area contributed by atoms with E-state index in [1.54, 1.807) is 0 Å². The van der Waals surface area contributed by atoms with Gasteiger partial charge in [-0.15, -0.1) is 21.5 Å². The van der Waals surface area contributed by atoms with Gasteiger partial charge in [0.25, 0.3) is 5.89 Å². The molecule has 0 amide bonds. The maximum Gasteiger partial charge on any atom is 0.303 e. The molecule has 2 rings (SSSR count). The van der Waals surface area contributed by atoms with Crippen LogP contribution in [0.25, 0.3) is 10.8 Å². The Kier molecular flexibility index (Phi) is 4.52. The van der Waals surface area contributed by atoms with Crippen LogP contribution in [0, 0.1) is 0 Å². The number of thiophene rings is 1. The monoisotopic (exact) mass is 394 g/mol. The van der Waals surface area contributed by atoms with Crippen LogP contribution in [-0.4, -0.2) is 21.3 Å². The van der Waals surface area contributed by atoms with Gasteiger partial charge in [-0.05, 0) is 44.3 Å². The number of carbonyl (C=O) groups is 1. The predicted octanol–water partition coefficient (Wildman–Crippen LogP) is 3.73. The number of rotatable bonds is 5. The van der Waals surface area contributed by atoms with Crippen LogP contribution < -0.4 is 0 Å². The second kappa shape index (κ2) is 5.94. The molecule has 0 aliphatic carbocycles. The molecule has 0 bridgehead atoms. The highest BCUT2D eigenvalue weighted by Crippen LogP contribution is 2.37. The molecule has 2 heterocycles. The lowest BCUT2D eigenvalue weighted by atomic mass is 10.2. The summed E-state index contributed by atoms with van der Waals surface area (Å²) in [5, 5.41) is 16.4. The minimum absolute atomic E-state index is 0.105. The van der Waals surface area contributed by atoms with Gasteiger partial charge >= 0.3 is 5.97 Å². The van der Waals surface area contributed by atoms with Gasteiger partial charge in [0, 0.05) is 17.3 Å². The molecule has 0 saturated heterocycles. The number of hydrogen-bond donors (Lipinski definition) is 1. The van der Waals surface area contributed by atoms with E-state index in [4.69, 9.17) is 9.52 Å². The Morgan fingerprint density at radius 2 is 2.22 bits per heavy atom. The molecule has 1 N–H and O–H groups in total. The fraction of sp³-hybridized carbons (Fsp3) is 0.300. The first kappa shape index (κ1) is 13.7. The normalized spacial score (nSPS) is 10.8. The lowest BCUT2D eigenvalue weighted by Crippen LogP contribution is -1.95. The van der Waals surface area contributed by atoms with Crippen molar-refractivity contribution in [3.05, 3.63) is 20.2 Å². The van der Waals surface area contributed by atoms with Gasteiger partial charge in [0.15, 0.2) is 0 Å². The molecule has 0 saturated carbocycles. The summed E-state index contributed by atoms with van der Waals surface area (Å²) < 4.78 is 7.37. The molecule has 0 radical (unpaired) electrons. The van der Waals surface area contributed by atoms with Crippen molar-refractivity contribution in [1.82, 2.24) is 10.2 Å². The van der Waals surface area contributed by atoms with Gasteiger partial charge in [0.2, 0.25) is 5.89 Å². The van der Waals surface area contributed by atoms with Crippen molar-refractivity contribution in [2.75, 3.05) is 0 Å². The largest absolute Gasteiger partial charge is 0.481 e. The number of nitrogens with zero attached hydrogens (tertiary/aromatic N) is 2. The molecular formula is C10H8Br2N2O3S. The number of aliphatic carboxylic acids is 1. The van der Waals surface area contributed by atoms with Gasteiger partial charge in [-0.2, -0.15) is 0 Å². The van der Waals surface area contributed by atoms with Crippen LogP contribution in [0.5, 0.6) is 0 Å². The van der Waals surface area contributed by atoms with Crippen molar-refractivity contribution in [2.24, 2.45) is 0 Å². The summed E-state index contributed by atoms with van der Waals surface area (Å²) in [4.78, 5) is 11.2. The fourth-order valence-electron chi connectivity index (χ4n) is 1.30. The minimum atomic E-state index is -0.819. The van der Waals surface area contributed by atoms with E-state index in [-0.39, 0.29) is 6.42 Å². The van der Waals surface area contributed by atoms with E-state index in [0.29, 0.717) is 24.6 Å². The molecule has 2 aromatic rings. The van der Waals surface area contributed by atoms with Crippen molar-refractivity contribution in [3.8, 4) is 10.8 Å². The molecule has 0 spiro atoms. The van der Waals surface area contributed by atoms with E-state index in [2.05, 4.69) is 42.1 Å². The van der Waals surface area contributed by atoms with E-state index in [1.807, 2.05) is 6.07 Å². The van der Waals surface area contributed by atoms with Crippen LogP contribution in [0.2, 0.25) is 0 Å². The zero-order valence-corrected chi connectivity index (χ0v) is 13.0. The number of hydrogen-bond acceptors (Lipinski definition) is 5. The number of halogens is 2. The first-order valence-corrected chi connectivity index (χ1v) is 7.46. The zero-order chi connectivity index (χ0) is 13.1. The smallest absolute Gasteiger partial charge is 0.303 e. The third-order valence-corrected chi connectivity index (χ3v) is 5.35. The second-order valence-electron chi connectivity index (χ2n) is 3.48. The van der Waals surface area contributed by atoms with Gasteiger partial charge < -0.3 is 9.52 Å². The summed E-state index contributed by atoms with van der Waals surface area (Å²) in [7, 11) is 0. The maximum absolute atomic E-state index is 10.4. The third kappa shape index (κ3) is 3.39. The van der Waals surface area contributed by atoms with Crippen LogP contribution >= 0.6 is 43.2 Å². The van der Waals surface area contributed by atoms with E-state index in [9.17, 15) is 4.79 Å². The Balaban J connectivity index is 2.03. The first-order valence-electron chi connectivity index (χ1n) is 5.05. The van der Waals surface area contributed by atoms with Crippen LogP contribution in [0.4, 0.5) is 0 Å². The Labute approximate surface area is 123 Å². The fourth-order valence-corrected chi connectivity index (χ4v) is 3.25. The van der Waals surface area contributed by atoms with Crippen LogP contribution in [0.1, 0.15) is 18.7 Å².